The Hall–Kier alpha value is 0.117. The molecule has 0 saturated heterocycles. The molecule has 0 saturated carbocycles. The fraction of sp³-hybridized carbons (Fsp3) is 0. The van der Waals surface area contributed by atoms with Crippen LogP contribution in [-0.4, -0.2) is 0 Å². The van der Waals surface area contributed by atoms with Crippen LogP contribution in [0.3, 0.4) is 0 Å². The van der Waals surface area contributed by atoms with Crippen molar-refractivity contribution < 1.29 is 35.1 Å². The van der Waals surface area contributed by atoms with E-state index in [1.165, 1.54) is 11.4 Å². The molecule has 0 aliphatic rings. The topological polar surface area (TPSA) is 24.1 Å². The van der Waals surface area contributed by atoms with E-state index in [1.54, 1.807) is 0 Å². The van der Waals surface area contributed by atoms with Crippen molar-refractivity contribution >= 4 is 28.4 Å². The Balaban J connectivity index is 1.54. The molecule has 0 amide bonds. The van der Waals surface area contributed by atoms with E-state index in [9.17, 15) is 0 Å². The molecule has 0 aromatic heterocycles. The van der Waals surface area contributed by atoms with Gasteiger partial charge >= 0.3 is 132 Å². The summed E-state index contributed by atoms with van der Waals surface area (Å²) in [7, 11) is 4.00. The van der Waals surface area contributed by atoms with Gasteiger partial charge in [0.25, 0.3) is 0 Å². The third-order valence-corrected chi connectivity index (χ3v) is 16.8. The molecule has 2 aromatic rings. The summed E-state index contributed by atoms with van der Waals surface area (Å²) >= 11 is -0.376. The van der Waals surface area contributed by atoms with Crippen molar-refractivity contribution in [1.29, 1.82) is 0 Å². The molecule has 18 heavy (non-hydrogen) atoms. The molecule has 2 N–H and O–H groups in total. The van der Waals surface area contributed by atoms with Crippen LogP contribution in [0.25, 0.3) is 0 Å². The Morgan fingerprint density at radius 3 is 1.39 bits per heavy atom. The van der Waals surface area contributed by atoms with Crippen molar-refractivity contribution in [2.24, 2.45) is 0 Å². The Morgan fingerprint density at radius 2 is 1.00 bits per heavy atom. The minimum atomic E-state index is -0.188. The van der Waals surface area contributed by atoms with E-state index in [0.717, 1.165) is 0 Å². The van der Waals surface area contributed by atoms with Crippen LogP contribution in [0.2, 0.25) is 0 Å². The third-order valence-electron chi connectivity index (χ3n) is 1.96. The average molecular weight is 440 g/mol. The van der Waals surface area contributed by atoms with Crippen LogP contribution in [0, 0.1) is 0 Å². The summed E-state index contributed by atoms with van der Waals surface area (Å²) in [5, 5.41) is 0. The van der Waals surface area contributed by atoms with E-state index in [2.05, 4.69) is 56.3 Å². The van der Waals surface area contributed by atoms with Gasteiger partial charge in [0.1, 0.15) is 0 Å². The molecule has 0 radical (unpaired) electrons. The number of para-hydroxylation sites is 2. The molecule has 0 spiro atoms. The second kappa shape index (κ2) is 9.09. The number of hydrogen-bond donors (Lipinski definition) is 2. The normalized spacial score (nSPS) is 10.0. The Morgan fingerprint density at radius 1 is 0.611 bits per heavy atom. The average Bonchev–Trinajstić information content (AvgIpc) is 2.45. The van der Waals surface area contributed by atoms with Gasteiger partial charge in [0.2, 0.25) is 0 Å². The van der Waals surface area contributed by atoms with Crippen LogP contribution < -0.4 is 7.75 Å². The molecular weight excluding hydrogens is 428 g/mol. The Bertz CT molecular complexity index is 399. The van der Waals surface area contributed by atoms with Crippen LogP contribution in [-0.2, 0) is 35.1 Å². The van der Waals surface area contributed by atoms with Gasteiger partial charge < -0.3 is 0 Å². The summed E-state index contributed by atoms with van der Waals surface area (Å²) < 4.78 is 7.02. The van der Waals surface area contributed by atoms with Crippen molar-refractivity contribution in [1.82, 2.24) is 0 Å². The quantitative estimate of drug-likeness (QED) is 0.379. The zero-order chi connectivity index (χ0) is 12.5. The zero-order valence-corrected chi connectivity index (χ0v) is 15.1. The van der Waals surface area contributed by atoms with Crippen LogP contribution >= 0.6 is 17.0 Å². The minimum absolute atomic E-state index is 0.188. The molecule has 0 fully saturated rings. The summed E-state index contributed by atoms with van der Waals surface area (Å²) in [6.45, 7) is 0. The van der Waals surface area contributed by atoms with E-state index in [0.29, 0.717) is 0 Å². The number of anilines is 2. The molecule has 0 heterocycles. The first-order valence-electron chi connectivity index (χ1n) is 5.23. The van der Waals surface area contributed by atoms with Crippen LogP contribution in [0.4, 0.5) is 11.4 Å². The van der Waals surface area contributed by atoms with E-state index in [4.69, 9.17) is 0 Å². The molecule has 2 nitrogen and oxygen atoms in total. The van der Waals surface area contributed by atoms with Crippen molar-refractivity contribution in [2.45, 2.75) is 0 Å². The van der Waals surface area contributed by atoms with Gasteiger partial charge in [-0.05, 0) is 0 Å². The number of nitrogens with one attached hydrogen (secondary N) is 2. The van der Waals surface area contributed by atoms with Gasteiger partial charge in [-0.25, -0.2) is 0 Å². The molecule has 0 unspecified atom stereocenters. The van der Waals surface area contributed by atoms with Gasteiger partial charge in [-0.3, -0.25) is 0 Å². The number of benzene rings is 2. The summed E-state index contributed by atoms with van der Waals surface area (Å²) in [6, 6.07) is 20.8. The fourth-order valence-electron chi connectivity index (χ4n) is 1.17. The van der Waals surface area contributed by atoms with Crippen LogP contribution in [0.15, 0.2) is 60.7 Å². The van der Waals surface area contributed by atoms with Gasteiger partial charge in [-0.1, -0.05) is 0 Å². The second-order valence-corrected chi connectivity index (χ2v) is 14.1. The van der Waals surface area contributed by atoms with Crippen LogP contribution in [0.1, 0.15) is 0 Å². The molecule has 0 bridgehead atoms. The summed E-state index contributed by atoms with van der Waals surface area (Å²) in [6.07, 6.45) is 0. The first kappa shape index (κ1) is 14.5. The Labute approximate surface area is 131 Å². The molecule has 94 valence electrons. The first-order chi connectivity index (χ1) is 8.95. The standard InChI is InChI=1S/2C6H6N.2Mo.S2/c2*7-6-4-2-1-3-5-6;;;1-2/h2*1-5,7H;;;/q2*-1;2*+2;-2. The van der Waals surface area contributed by atoms with Crippen molar-refractivity contribution in [3.8, 4) is 0 Å². The number of rotatable bonds is 7. The fourth-order valence-corrected chi connectivity index (χ4v) is 14.0. The van der Waals surface area contributed by atoms with E-state index < -0.39 is 0 Å². The molecule has 6 heteroatoms. The predicted molar refractivity (Wildman–Crippen MR) is 75.3 cm³/mol. The second-order valence-electron chi connectivity index (χ2n) is 3.24. The van der Waals surface area contributed by atoms with Crippen molar-refractivity contribution in [2.75, 3.05) is 7.75 Å². The van der Waals surface area contributed by atoms with E-state index >= 15 is 0 Å². The van der Waals surface area contributed by atoms with Crippen molar-refractivity contribution in [3.63, 3.8) is 0 Å². The monoisotopic (exact) mass is 444 g/mol. The van der Waals surface area contributed by atoms with Crippen LogP contribution in [0.5, 0.6) is 0 Å². The SMILES string of the molecule is c1ccc([NH][Mo][S][S][Mo][NH]c2ccccc2)cc1. The van der Waals surface area contributed by atoms with Gasteiger partial charge in [0.05, 0.1) is 0 Å². The first-order valence-corrected chi connectivity index (χ1v) is 14.2. The maximum absolute atomic E-state index is 3.51. The molecule has 0 aliphatic carbocycles. The predicted octanol–water partition coefficient (Wildman–Crippen LogP) is 4.42. The van der Waals surface area contributed by atoms with Gasteiger partial charge in [-0.2, -0.15) is 0 Å². The summed E-state index contributed by atoms with van der Waals surface area (Å²) in [5.74, 6) is 0. The molecule has 0 aliphatic heterocycles. The van der Waals surface area contributed by atoms with Gasteiger partial charge in [0.15, 0.2) is 0 Å². The van der Waals surface area contributed by atoms with Crippen molar-refractivity contribution in [3.05, 3.63) is 60.7 Å². The summed E-state index contributed by atoms with van der Waals surface area (Å²) in [5.41, 5.74) is 2.48. The number of hydrogen-bond acceptors (Lipinski definition) is 4. The molecule has 2 rings (SSSR count). The van der Waals surface area contributed by atoms with Gasteiger partial charge in [0, 0.05) is 0 Å². The third kappa shape index (κ3) is 5.84. The van der Waals surface area contributed by atoms with E-state index in [-0.39, 0.29) is 35.1 Å². The molecule has 2 aromatic carbocycles. The van der Waals surface area contributed by atoms with Gasteiger partial charge in [-0.15, -0.1) is 0 Å². The molecular formula is C12H12Mo2N2S2. The maximum atomic E-state index is 3.51. The molecule has 0 atom stereocenters. The summed E-state index contributed by atoms with van der Waals surface area (Å²) in [4.78, 5) is 0. The van der Waals surface area contributed by atoms with E-state index in [1.807, 2.05) is 29.1 Å². The Kier molecular flexibility index (Phi) is 7.33. The zero-order valence-electron chi connectivity index (χ0n) is 9.41.